The summed E-state index contributed by atoms with van der Waals surface area (Å²) in [7, 11) is 0. The molecule has 2 N–H and O–H groups in total. The van der Waals surface area contributed by atoms with Gasteiger partial charge in [-0.2, -0.15) is 5.10 Å². The van der Waals surface area contributed by atoms with Crippen molar-refractivity contribution in [3.8, 4) is 11.3 Å². The second kappa shape index (κ2) is 9.26. The number of nitrogens with one attached hydrogen (secondary N) is 2. The Morgan fingerprint density at radius 1 is 1.24 bits per heavy atom. The Morgan fingerprint density at radius 3 is 2.79 bits per heavy atom. The van der Waals surface area contributed by atoms with Crippen molar-refractivity contribution in [2.75, 3.05) is 12.8 Å². The maximum absolute atomic E-state index is 12.4. The highest BCUT2D eigenvalue weighted by atomic mass is 32.2. The molecular weight excluding hydrogens is 384 g/mol. The Bertz CT molecular complexity index is 945. The number of rotatable bonds is 8. The molecule has 3 aromatic rings. The zero-order valence-corrected chi connectivity index (χ0v) is 17.4. The lowest BCUT2D eigenvalue weighted by molar-refractivity contribution is 0.0948. The number of benzene rings is 1. The van der Waals surface area contributed by atoms with E-state index in [9.17, 15) is 4.79 Å². The minimum Gasteiger partial charge on any atom is -0.351 e. The van der Waals surface area contributed by atoms with Crippen LogP contribution in [0.15, 0.2) is 41.6 Å². The van der Waals surface area contributed by atoms with Crippen LogP contribution in [0.2, 0.25) is 0 Å². The van der Waals surface area contributed by atoms with E-state index in [0.717, 1.165) is 35.1 Å². The molecule has 0 atom stereocenters. The summed E-state index contributed by atoms with van der Waals surface area (Å²) in [6.07, 6.45) is 8.65. The number of nitrogens with zero attached hydrogens (tertiary/aromatic N) is 4. The van der Waals surface area contributed by atoms with Gasteiger partial charge in [0.25, 0.3) is 5.91 Å². The molecule has 2 aromatic heterocycles. The molecule has 7 nitrogen and oxygen atoms in total. The molecular formula is C21H26N6OS. The molecule has 8 heteroatoms. The predicted molar refractivity (Wildman–Crippen MR) is 114 cm³/mol. The highest BCUT2D eigenvalue weighted by molar-refractivity contribution is 7.98. The van der Waals surface area contributed by atoms with E-state index in [-0.39, 0.29) is 5.91 Å². The zero-order chi connectivity index (χ0) is 20.1. The molecule has 4 rings (SSSR count). The summed E-state index contributed by atoms with van der Waals surface area (Å²) >= 11 is 1.65. The van der Waals surface area contributed by atoms with E-state index in [4.69, 9.17) is 0 Å². The van der Waals surface area contributed by atoms with Crippen molar-refractivity contribution in [3.63, 3.8) is 0 Å². The van der Waals surface area contributed by atoms with Crippen molar-refractivity contribution in [3.05, 3.63) is 47.9 Å². The molecule has 29 heavy (non-hydrogen) atoms. The molecule has 0 saturated heterocycles. The molecule has 2 heterocycles. The number of H-pyrrole nitrogens is 1. The van der Waals surface area contributed by atoms with E-state index in [1.807, 2.05) is 36.6 Å². The minimum atomic E-state index is -0.137. The number of carbonyl (C=O) groups is 1. The van der Waals surface area contributed by atoms with Crippen molar-refractivity contribution in [1.82, 2.24) is 30.3 Å². The molecule has 0 radical (unpaired) electrons. The van der Waals surface area contributed by atoms with Gasteiger partial charge in [-0.3, -0.25) is 9.89 Å². The monoisotopic (exact) mass is 410 g/mol. The van der Waals surface area contributed by atoms with Crippen molar-refractivity contribution in [1.29, 1.82) is 0 Å². The molecule has 1 aromatic carbocycles. The summed E-state index contributed by atoms with van der Waals surface area (Å²) in [6.45, 7) is 0.588. The average molecular weight is 411 g/mol. The Labute approximate surface area is 174 Å². The Morgan fingerprint density at radius 2 is 2.03 bits per heavy atom. The average Bonchev–Trinajstić information content (AvgIpc) is 3.51. The molecule has 1 aliphatic carbocycles. The quantitative estimate of drug-likeness (QED) is 0.435. The smallest absolute Gasteiger partial charge is 0.269 e. The van der Waals surface area contributed by atoms with Gasteiger partial charge in [-0.25, -0.2) is 0 Å². The molecule has 1 aliphatic rings. The van der Waals surface area contributed by atoms with Crippen LogP contribution < -0.4 is 5.32 Å². The van der Waals surface area contributed by atoms with Gasteiger partial charge in [0, 0.05) is 24.6 Å². The molecule has 152 valence electrons. The van der Waals surface area contributed by atoms with E-state index in [1.165, 1.54) is 25.7 Å². The lowest BCUT2D eigenvalue weighted by Gasteiger charge is -2.16. The molecule has 0 spiro atoms. The third kappa shape index (κ3) is 4.53. The highest BCUT2D eigenvalue weighted by Crippen LogP contribution is 2.33. The number of hydrogen-bond acceptors (Lipinski definition) is 5. The van der Waals surface area contributed by atoms with Gasteiger partial charge >= 0.3 is 0 Å². The van der Waals surface area contributed by atoms with Gasteiger partial charge in [-0.05, 0) is 31.6 Å². The number of carbonyl (C=O) groups excluding carboxylic acids is 1. The Hall–Kier alpha value is -2.61. The second-order valence-corrected chi connectivity index (χ2v) is 8.08. The van der Waals surface area contributed by atoms with Crippen LogP contribution in [0.25, 0.3) is 11.3 Å². The third-order valence-corrected chi connectivity index (χ3v) is 6.01. The molecule has 1 amide bonds. The van der Waals surface area contributed by atoms with Gasteiger partial charge in [0.1, 0.15) is 11.5 Å². The van der Waals surface area contributed by atoms with Crippen LogP contribution in [-0.4, -0.2) is 43.7 Å². The zero-order valence-electron chi connectivity index (χ0n) is 16.6. The standard InChI is InChI=1S/C21H26N6OS/c1-29-21-26-25-19(27(21)16-10-5-6-11-16)12-7-13-22-20(28)18-14-17(23-24-18)15-8-3-2-4-9-15/h2-4,8-9,14,16H,5-7,10-13H2,1H3,(H,22,28)(H,23,24). The van der Waals surface area contributed by atoms with Crippen LogP contribution in [0.1, 0.15) is 54.5 Å². The molecule has 1 fully saturated rings. The summed E-state index contributed by atoms with van der Waals surface area (Å²) in [4.78, 5) is 12.4. The van der Waals surface area contributed by atoms with E-state index >= 15 is 0 Å². The lowest BCUT2D eigenvalue weighted by Crippen LogP contribution is -2.25. The summed E-state index contributed by atoms with van der Waals surface area (Å²) in [5.74, 6) is 0.894. The van der Waals surface area contributed by atoms with Gasteiger partial charge in [0.05, 0.1) is 5.69 Å². The number of hydrogen-bond donors (Lipinski definition) is 2. The SMILES string of the molecule is CSc1nnc(CCCNC(=O)c2cc(-c3ccccc3)n[nH]2)n1C1CCCC1. The fourth-order valence-electron chi connectivity index (χ4n) is 3.88. The number of aromatic nitrogens is 5. The first-order valence-electron chi connectivity index (χ1n) is 10.1. The van der Waals surface area contributed by atoms with Crippen LogP contribution >= 0.6 is 11.8 Å². The van der Waals surface area contributed by atoms with Crippen LogP contribution in [0.3, 0.4) is 0 Å². The van der Waals surface area contributed by atoms with Crippen LogP contribution in [-0.2, 0) is 6.42 Å². The van der Waals surface area contributed by atoms with Crippen LogP contribution in [0.4, 0.5) is 0 Å². The van der Waals surface area contributed by atoms with E-state index in [2.05, 4.69) is 30.3 Å². The summed E-state index contributed by atoms with van der Waals surface area (Å²) < 4.78 is 2.32. The fraction of sp³-hybridized carbons (Fsp3) is 0.429. The normalized spacial score (nSPS) is 14.4. The fourth-order valence-corrected chi connectivity index (χ4v) is 4.46. The van der Waals surface area contributed by atoms with Crippen molar-refractivity contribution >= 4 is 17.7 Å². The van der Waals surface area contributed by atoms with Crippen molar-refractivity contribution < 1.29 is 4.79 Å². The van der Waals surface area contributed by atoms with Crippen LogP contribution in [0, 0.1) is 0 Å². The van der Waals surface area contributed by atoms with Gasteiger partial charge in [0.15, 0.2) is 5.16 Å². The maximum atomic E-state index is 12.4. The van der Waals surface area contributed by atoms with Crippen molar-refractivity contribution in [2.24, 2.45) is 0 Å². The molecule has 0 aliphatic heterocycles. The highest BCUT2D eigenvalue weighted by Gasteiger charge is 2.23. The minimum absolute atomic E-state index is 0.137. The summed E-state index contributed by atoms with van der Waals surface area (Å²) in [5, 5.41) is 19.8. The van der Waals surface area contributed by atoms with Gasteiger partial charge < -0.3 is 9.88 Å². The largest absolute Gasteiger partial charge is 0.351 e. The topological polar surface area (TPSA) is 88.5 Å². The Balaban J connectivity index is 1.30. The van der Waals surface area contributed by atoms with Crippen molar-refractivity contribution in [2.45, 2.75) is 49.7 Å². The second-order valence-electron chi connectivity index (χ2n) is 7.30. The van der Waals surface area contributed by atoms with E-state index in [0.29, 0.717) is 18.3 Å². The maximum Gasteiger partial charge on any atom is 0.269 e. The molecule has 1 saturated carbocycles. The first-order valence-corrected chi connectivity index (χ1v) is 11.4. The summed E-state index contributed by atoms with van der Waals surface area (Å²) in [6, 6.07) is 12.1. The van der Waals surface area contributed by atoms with E-state index < -0.39 is 0 Å². The first-order chi connectivity index (χ1) is 14.3. The lowest BCUT2D eigenvalue weighted by atomic mass is 10.1. The van der Waals surface area contributed by atoms with Crippen LogP contribution in [0.5, 0.6) is 0 Å². The van der Waals surface area contributed by atoms with Gasteiger partial charge in [0.2, 0.25) is 0 Å². The third-order valence-electron chi connectivity index (χ3n) is 5.36. The summed E-state index contributed by atoms with van der Waals surface area (Å²) in [5.41, 5.74) is 2.23. The first kappa shape index (κ1) is 19.7. The number of aromatic amines is 1. The molecule has 0 unspecified atom stereocenters. The number of thioether (sulfide) groups is 1. The van der Waals surface area contributed by atoms with E-state index in [1.54, 1.807) is 17.8 Å². The number of aryl methyl sites for hydroxylation is 1. The Kier molecular flexibility index (Phi) is 6.29. The van der Waals surface area contributed by atoms with Gasteiger partial charge in [-0.1, -0.05) is 54.9 Å². The number of amides is 1. The molecule has 0 bridgehead atoms. The predicted octanol–water partition coefficient (Wildman–Crippen LogP) is 3.87. The van der Waals surface area contributed by atoms with Gasteiger partial charge in [-0.15, -0.1) is 10.2 Å².